The summed E-state index contributed by atoms with van der Waals surface area (Å²) < 4.78 is 6.37. The SMILES string of the molecule is O=C(O)c1cc(Oc2ccccc2Br)cs1. The molecule has 5 heteroatoms. The van der Waals surface area contributed by atoms with Gasteiger partial charge in [0.15, 0.2) is 0 Å². The summed E-state index contributed by atoms with van der Waals surface area (Å²) in [5, 5.41) is 10.4. The van der Waals surface area contributed by atoms with Gasteiger partial charge < -0.3 is 9.84 Å². The van der Waals surface area contributed by atoms with E-state index in [2.05, 4.69) is 15.9 Å². The van der Waals surface area contributed by atoms with Gasteiger partial charge in [-0.1, -0.05) is 12.1 Å². The lowest BCUT2D eigenvalue weighted by Gasteiger charge is -2.04. The number of para-hydroxylation sites is 1. The minimum atomic E-state index is -0.938. The lowest BCUT2D eigenvalue weighted by molar-refractivity contribution is 0.0702. The highest BCUT2D eigenvalue weighted by molar-refractivity contribution is 9.10. The number of hydrogen-bond donors (Lipinski definition) is 1. The summed E-state index contributed by atoms with van der Waals surface area (Å²) in [6.45, 7) is 0. The maximum atomic E-state index is 10.7. The predicted molar refractivity (Wildman–Crippen MR) is 65.5 cm³/mol. The lowest BCUT2D eigenvalue weighted by atomic mass is 10.3. The third-order valence-corrected chi connectivity index (χ3v) is 3.40. The fourth-order valence-electron chi connectivity index (χ4n) is 1.14. The van der Waals surface area contributed by atoms with Crippen LogP contribution in [-0.4, -0.2) is 11.1 Å². The molecule has 2 rings (SSSR count). The molecule has 0 aliphatic rings. The Morgan fingerprint density at radius 3 is 2.75 bits per heavy atom. The van der Waals surface area contributed by atoms with Crippen molar-refractivity contribution in [3.63, 3.8) is 0 Å². The van der Waals surface area contributed by atoms with Gasteiger partial charge in [0.05, 0.1) is 4.47 Å². The van der Waals surface area contributed by atoms with Gasteiger partial charge >= 0.3 is 5.97 Å². The van der Waals surface area contributed by atoms with E-state index in [1.54, 1.807) is 5.38 Å². The fraction of sp³-hybridized carbons (Fsp3) is 0. The first-order valence-electron chi connectivity index (χ1n) is 4.41. The van der Waals surface area contributed by atoms with Crippen LogP contribution in [0.15, 0.2) is 40.2 Å². The predicted octanol–water partition coefficient (Wildman–Crippen LogP) is 4.00. The number of carboxylic acids is 1. The van der Waals surface area contributed by atoms with E-state index >= 15 is 0 Å². The Morgan fingerprint density at radius 1 is 1.38 bits per heavy atom. The van der Waals surface area contributed by atoms with Crippen molar-refractivity contribution in [2.45, 2.75) is 0 Å². The van der Waals surface area contributed by atoms with Crippen molar-refractivity contribution in [3.8, 4) is 11.5 Å². The van der Waals surface area contributed by atoms with Crippen molar-refractivity contribution in [2.24, 2.45) is 0 Å². The van der Waals surface area contributed by atoms with E-state index < -0.39 is 5.97 Å². The van der Waals surface area contributed by atoms with Crippen LogP contribution in [0.25, 0.3) is 0 Å². The summed E-state index contributed by atoms with van der Waals surface area (Å²) in [6.07, 6.45) is 0. The van der Waals surface area contributed by atoms with Crippen LogP contribution in [-0.2, 0) is 0 Å². The molecule has 0 aliphatic heterocycles. The van der Waals surface area contributed by atoms with Crippen molar-refractivity contribution < 1.29 is 14.6 Å². The quantitative estimate of drug-likeness (QED) is 0.931. The van der Waals surface area contributed by atoms with Gasteiger partial charge in [-0.25, -0.2) is 4.79 Å². The first-order valence-corrected chi connectivity index (χ1v) is 6.08. The second kappa shape index (κ2) is 4.67. The minimum Gasteiger partial charge on any atom is -0.477 e. The van der Waals surface area contributed by atoms with E-state index in [4.69, 9.17) is 9.84 Å². The van der Waals surface area contributed by atoms with Gasteiger partial charge in [0.2, 0.25) is 0 Å². The number of carbonyl (C=O) groups is 1. The average molecular weight is 299 g/mol. The van der Waals surface area contributed by atoms with Gasteiger partial charge in [-0.15, -0.1) is 11.3 Å². The molecular formula is C11H7BrO3S. The van der Waals surface area contributed by atoms with E-state index in [1.807, 2.05) is 24.3 Å². The van der Waals surface area contributed by atoms with Crippen molar-refractivity contribution in [2.75, 3.05) is 0 Å². The molecule has 1 N–H and O–H groups in total. The fourth-order valence-corrected chi connectivity index (χ4v) is 2.15. The second-order valence-corrected chi connectivity index (χ2v) is 4.75. The lowest BCUT2D eigenvalue weighted by Crippen LogP contribution is -1.90. The molecule has 0 amide bonds. The smallest absolute Gasteiger partial charge is 0.346 e. The summed E-state index contributed by atoms with van der Waals surface area (Å²) in [7, 11) is 0. The van der Waals surface area contributed by atoms with Crippen LogP contribution < -0.4 is 4.74 Å². The Labute approximate surface area is 104 Å². The first kappa shape index (κ1) is 11.2. The molecule has 0 spiro atoms. The molecule has 1 heterocycles. The maximum absolute atomic E-state index is 10.7. The van der Waals surface area contributed by atoms with E-state index in [-0.39, 0.29) is 4.88 Å². The number of hydrogen-bond acceptors (Lipinski definition) is 3. The molecule has 0 fully saturated rings. The number of aromatic carboxylic acids is 1. The summed E-state index contributed by atoms with van der Waals surface area (Å²) >= 11 is 4.49. The third kappa shape index (κ3) is 2.43. The number of carboxylic acid groups (broad SMARTS) is 1. The highest BCUT2D eigenvalue weighted by Gasteiger charge is 2.09. The van der Waals surface area contributed by atoms with E-state index in [0.29, 0.717) is 11.5 Å². The average Bonchev–Trinajstić information content (AvgIpc) is 2.70. The van der Waals surface area contributed by atoms with Crippen LogP contribution in [0.3, 0.4) is 0 Å². The number of ether oxygens (including phenoxy) is 1. The number of rotatable bonds is 3. The summed E-state index contributed by atoms with van der Waals surface area (Å²) in [5.74, 6) is 0.263. The van der Waals surface area contributed by atoms with Gasteiger partial charge in [0.1, 0.15) is 16.4 Å². The van der Waals surface area contributed by atoms with Crippen molar-refractivity contribution >= 4 is 33.2 Å². The largest absolute Gasteiger partial charge is 0.477 e. The highest BCUT2D eigenvalue weighted by Crippen LogP contribution is 2.31. The van der Waals surface area contributed by atoms with Gasteiger partial charge in [-0.05, 0) is 28.1 Å². The third-order valence-electron chi connectivity index (χ3n) is 1.85. The van der Waals surface area contributed by atoms with Gasteiger partial charge in [0, 0.05) is 11.4 Å². The Morgan fingerprint density at radius 2 is 2.12 bits per heavy atom. The highest BCUT2D eigenvalue weighted by atomic mass is 79.9. The monoisotopic (exact) mass is 298 g/mol. The molecule has 0 unspecified atom stereocenters. The van der Waals surface area contributed by atoms with E-state index in [1.165, 1.54) is 6.07 Å². The zero-order valence-electron chi connectivity index (χ0n) is 8.01. The van der Waals surface area contributed by atoms with E-state index in [0.717, 1.165) is 15.8 Å². The van der Waals surface area contributed by atoms with Crippen LogP contribution in [0.5, 0.6) is 11.5 Å². The van der Waals surface area contributed by atoms with Crippen LogP contribution in [0.1, 0.15) is 9.67 Å². The number of halogens is 1. The molecule has 0 atom stereocenters. The molecule has 82 valence electrons. The summed E-state index contributed by atoms with van der Waals surface area (Å²) in [6, 6.07) is 8.91. The Balaban J connectivity index is 2.21. The van der Waals surface area contributed by atoms with Crippen molar-refractivity contribution in [1.29, 1.82) is 0 Å². The number of benzene rings is 1. The molecule has 0 saturated carbocycles. The topological polar surface area (TPSA) is 46.5 Å². The van der Waals surface area contributed by atoms with Crippen LogP contribution in [0.4, 0.5) is 0 Å². The molecule has 0 saturated heterocycles. The normalized spacial score (nSPS) is 10.1. The molecular weight excluding hydrogens is 292 g/mol. The minimum absolute atomic E-state index is 0.266. The van der Waals surface area contributed by atoms with Crippen LogP contribution in [0, 0.1) is 0 Å². The zero-order valence-corrected chi connectivity index (χ0v) is 10.4. The summed E-state index contributed by atoms with van der Waals surface area (Å²) in [4.78, 5) is 10.9. The molecule has 2 aromatic rings. The molecule has 3 nitrogen and oxygen atoms in total. The van der Waals surface area contributed by atoms with Gasteiger partial charge in [-0.3, -0.25) is 0 Å². The number of thiophene rings is 1. The summed E-state index contributed by atoms with van der Waals surface area (Å²) in [5.41, 5.74) is 0. The molecule has 1 aromatic carbocycles. The van der Waals surface area contributed by atoms with Crippen molar-refractivity contribution in [1.82, 2.24) is 0 Å². The Bertz CT molecular complexity index is 521. The van der Waals surface area contributed by atoms with Gasteiger partial charge in [-0.2, -0.15) is 0 Å². The Kier molecular flexibility index (Phi) is 3.26. The Hall–Kier alpha value is -1.33. The molecule has 0 bridgehead atoms. The van der Waals surface area contributed by atoms with Crippen LogP contribution in [0.2, 0.25) is 0 Å². The van der Waals surface area contributed by atoms with Gasteiger partial charge in [0.25, 0.3) is 0 Å². The van der Waals surface area contributed by atoms with Crippen molar-refractivity contribution in [3.05, 3.63) is 45.1 Å². The maximum Gasteiger partial charge on any atom is 0.346 e. The molecule has 1 aromatic heterocycles. The first-order chi connectivity index (χ1) is 7.66. The molecule has 16 heavy (non-hydrogen) atoms. The molecule has 0 radical (unpaired) electrons. The molecule has 0 aliphatic carbocycles. The second-order valence-electron chi connectivity index (χ2n) is 2.98. The van der Waals surface area contributed by atoms with E-state index in [9.17, 15) is 4.79 Å². The standard InChI is InChI=1S/C11H7BrO3S/c12-8-3-1-2-4-9(8)15-7-5-10(11(13)14)16-6-7/h1-6H,(H,13,14). The van der Waals surface area contributed by atoms with Crippen LogP contribution >= 0.6 is 27.3 Å². The zero-order chi connectivity index (χ0) is 11.5.